The number of carbonyl (C=O) groups excluding carboxylic acids is 3. The van der Waals surface area contributed by atoms with Gasteiger partial charge in [0, 0.05) is 17.7 Å². The van der Waals surface area contributed by atoms with E-state index in [4.69, 9.17) is 26.6 Å². The number of aromatic nitrogens is 3. The van der Waals surface area contributed by atoms with Gasteiger partial charge in [-0.3, -0.25) is 20.2 Å². The molecule has 0 bridgehead atoms. The quantitative estimate of drug-likeness (QED) is 0.285. The van der Waals surface area contributed by atoms with Crippen molar-refractivity contribution in [3.05, 3.63) is 45.9 Å². The third kappa shape index (κ3) is 8.06. The Morgan fingerprint density at radius 1 is 1.15 bits per heavy atom. The Bertz CT molecular complexity index is 1470. The van der Waals surface area contributed by atoms with E-state index in [1.165, 1.54) is 16.8 Å². The van der Waals surface area contributed by atoms with Gasteiger partial charge in [-0.2, -0.15) is 5.10 Å². The third-order valence-electron chi connectivity index (χ3n) is 5.57. The lowest BCUT2D eigenvalue weighted by molar-refractivity contribution is -0.115. The molecule has 13 heteroatoms. The molecule has 0 atom stereocenters. The molecule has 2 aromatic heterocycles. The number of hydrogen-bond donors (Lipinski definition) is 3. The maximum absolute atomic E-state index is 15.7. The monoisotopic (exact) mass is 590 g/mol. The van der Waals surface area contributed by atoms with E-state index in [2.05, 4.69) is 41.7 Å². The lowest BCUT2D eigenvalue weighted by Crippen LogP contribution is -2.29. The lowest BCUT2D eigenvalue weighted by Gasteiger charge is -2.20. The predicted octanol–water partition coefficient (Wildman–Crippen LogP) is 6.13. The number of primary amides is 1. The molecule has 41 heavy (non-hydrogen) atoms. The molecule has 3 rings (SSSR count). The van der Waals surface area contributed by atoms with Crippen molar-refractivity contribution in [3.8, 4) is 11.3 Å². The largest absolute Gasteiger partial charge is 0.444 e. The summed E-state index contributed by atoms with van der Waals surface area (Å²) < 4.78 is 27.5. The summed E-state index contributed by atoms with van der Waals surface area (Å²) in [6, 6.07) is 4.07. The Hall–Kier alpha value is -3.93. The Kier molecular flexibility index (Phi) is 9.17. The van der Waals surface area contributed by atoms with E-state index >= 15 is 4.39 Å². The van der Waals surface area contributed by atoms with Crippen LogP contribution in [0.3, 0.4) is 0 Å². The van der Waals surface area contributed by atoms with E-state index in [1.54, 1.807) is 40.7 Å². The van der Waals surface area contributed by atoms with Crippen LogP contribution in [-0.4, -0.2) is 38.4 Å². The van der Waals surface area contributed by atoms with Crippen LogP contribution in [-0.2, 0) is 22.4 Å². The van der Waals surface area contributed by atoms with Gasteiger partial charge < -0.3 is 15.0 Å². The number of rotatable bonds is 8. The molecule has 0 saturated heterocycles. The van der Waals surface area contributed by atoms with Crippen molar-refractivity contribution in [1.29, 1.82) is 0 Å². The third-order valence-corrected chi connectivity index (χ3v) is 5.98. The van der Waals surface area contributed by atoms with Crippen LogP contribution < -0.4 is 16.4 Å². The molecule has 0 saturated carbocycles. The van der Waals surface area contributed by atoms with Crippen LogP contribution in [0.1, 0.15) is 83.0 Å². The zero-order valence-corrected chi connectivity index (χ0v) is 25.2. The van der Waals surface area contributed by atoms with E-state index in [9.17, 15) is 14.4 Å². The summed E-state index contributed by atoms with van der Waals surface area (Å²) in [5.74, 6) is -2.24. The maximum atomic E-state index is 15.7. The van der Waals surface area contributed by atoms with Crippen LogP contribution in [0.2, 0.25) is 5.02 Å². The van der Waals surface area contributed by atoms with Gasteiger partial charge in [-0.25, -0.2) is 13.9 Å². The fraction of sp³-hybridized carbons (Fsp3) is 0.464. The molecule has 0 fully saturated rings. The van der Waals surface area contributed by atoms with Gasteiger partial charge in [-0.05, 0) is 58.1 Å². The summed E-state index contributed by atoms with van der Waals surface area (Å²) in [6.45, 7) is 14.7. The molecule has 0 aliphatic heterocycles. The van der Waals surface area contributed by atoms with Crippen LogP contribution in [0.5, 0.6) is 0 Å². The number of hydrogen-bond acceptors (Lipinski definition) is 7. The zero-order valence-electron chi connectivity index (χ0n) is 24.4. The summed E-state index contributed by atoms with van der Waals surface area (Å²) in [5.41, 5.74) is 5.22. The van der Waals surface area contributed by atoms with Crippen LogP contribution >= 0.6 is 11.6 Å². The van der Waals surface area contributed by atoms with E-state index in [0.717, 1.165) is 0 Å². The van der Waals surface area contributed by atoms with Crippen molar-refractivity contribution >= 4 is 41.2 Å². The molecular formula is C28H36ClFN6O5. The number of nitrogens with zero attached hydrogens (tertiary/aromatic N) is 3. The minimum atomic E-state index is -0.949. The van der Waals surface area contributed by atoms with Crippen molar-refractivity contribution in [2.75, 3.05) is 10.6 Å². The zero-order chi connectivity index (χ0) is 30.9. The smallest absolute Gasteiger partial charge is 0.413 e. The Balaban J connectivity index is 1.91. The second-order valence-electron chi connectivity index (χ2n) is 12.1. The standard InChI is InChI=1S/C28H36ClFN6O5/c1-14(2)36-25(33-26(39)40-28(6,7)8)20(24(31)38)23(34-36)17-10-9-15(21(29)22(17)30)11-18(37)32-19-12-16(35-41-19)13-27(3,4)5/h9-10,12,14H,11,13H2,1-8H3,(H2,31,38)(H,32,37)(H,33,39). The molecule has 0 aliphatic carbocycles. The number of benzene rings is 1. The molecular weight excluding hydrogens is 555 g/mol. The van der Waals surface area contributed by atoms with Crippen LogP contribution in [0, 0.1) is 11.2 Å². The number of nitrogens with one attached hydrogen (secondary N) is 2. The fourth-order valence-electron chi connectivity index (χ4n) is 4.01. The molecule has 3 aromatic rings. The normalized spacial score (nSPS) is 12.0. The van der Waals surface area contributed by atoms with E-state index in [0.29, 0.717) is 12.1 Å². The minimum Gasteiger partial charge on any atom is -0.444 e. The van der Waals surface area contributed by atoms with Gasteiger partial charge in [0.1, 0.15) is 22.7 Å². The molecule has 2 heterocycles. The van der Waals surface area contributed by atoms with Gasteiger partial charge in [0.25, 0.3) is 5.91 Å². The average molecular weight is 591 g/mol. The molecule has 222 valence electrons. The first-order chi connectivity index (χ1) is 18.9. The molecule has 0 spiro atoms. The molecule has 0 aliphatic rings. The predicted molar refractivity (Wildman–Crippen MR) is 153 cm³/mol. The highest BCUT2D eigenvalue weighted by molar-refractivity contribution is 6.32. The van der Waals surface area contributed by atoms with E-state index in [1.807, 2.05) is 0 Å². The summed E-state index contributed by atoms with van der Waals surface area (Å²) in [6.07, 6.45) is -0.454. The first-order valence-electron chi connectivity index (χ1n) is 13.0. The minimum absolute atomic E-state index is 0.0170. The van der Waals surface area contributed by atoms with Gasteiger partial charge in [-0.15, -0.1) is 0 Å². The number of nitrogens with two attached hydrogens (primary N) is 1. The summed E-state index contributed by atoms with van der Waals surface area (Å²) in [7, 11) is 0. The van der Waals surface area contributed by atoms with E-state index in [-0.39, 0.29) is 57.0 Å². The van der Waals surface area contributed by atoms with Crippen molar-refractivity contribution in [2.45, 2.75) is 79.9 Å². The van der Waals surface area contributed by atoms with Gasteiger partial charge in [0.15, 0.2) is 5.82 Å². The Labute approximate surface area is 242 Å². The second-order valence-corrected chi connectivity index (χ2v) is 12.5. The van der Waals surface area contributed by atoms with Gasteiger partial charge >= 0.3 is 6.09 Å². The van der Waals surface area contributed by atoms with E-state index < -0.39 is 29.3 Å². The first kappa shape index (κ1) is 31.6. The topological polar surface area (TPSA) is 154 Å². The highest BCUT2D eigenvalue weighted by Crippen LogP contribution is 2.36. The first-order valence-corrected chi connectivity index (χ1v) is 13.4. The maximum Gasteiger partial charge on any atom is 0.413 e. The highest BCUT2D eigenvalue weighted by Gasteiger charge is 2.30. The van der Waals surface area contributed by atoms with Gasteiger partial charge in [0.05, 0.1) is 17.1 Å². The van der Waals surface area contributed by atoms with Crippen molar-refractivity contribution in [2.24, 2.45) is 11.1 Å². The summed E-state index contributed by atoms with van der Waals surface area (Å²) in [4.78, 5) is 37.7. The SMILES string of the molecule is CC(C)n1nc(-c2ccc(CC(=O)Nc3cc(CC(C)(C)C)no3)c(Cl)c2F)c(C(N)=O)c1NC(=O)OC(C)(C)C. The lowest BCUT2D eigenvalue weighted by atomic mass is 9.91. The number of halogens is 2. The van der Waals surface area contributed by atoms with Crippen molar-refractivity contribution in [3.63, 3.8) is 0 Å². The molecule has 1 aromatic carbocycles. The molecule has 11 nitrogen and oxygen atoms in total. The van der Waals surface area contributed by atoms with Crippen molar-refractivity contribution in [1.82, 2.24) is 14.9 Å². The van der Waals surface area contributed by atoms with Crippen LogP contribution in [0.25, 0.3) is 11.3 Å². The molecule has 0 unspecified atom stereocenters. The molecule has 4 N–H and O–H groups in total. The summed E-state index contributed by atoms with van der Waals surface area (Å²) >= 11 is 6.34. The Morgan fingerprint density at radius 2 is 1.80 bits per heavy atom. The van der Waals surface area contributed by atoms with Gasteiger partial charge in [0.2, 0.25) is 11.8 Å². The highest BCUT2D eigenvalue weighted by atomic mass is 35.5. The summed E-state index contributed by atoms with van der Waals surface area (Å²) in [5, 5.41) is 13.1. The van der Waals surface area contributed by atoms with Gasteiger partial charge in [-0.1, -0.05) is 43.6 Å². The molecule has 3 amide bonds. The van der Waals surface area contributed by atoms with Crippen LogP contribution in [0.15, 0.2) is 22.7 Å². The number of carbonyl (C=O) groups is 3. The molecule has 0 radical (unpaired) electrons. The second kappa shape index (κ2) is 11.9. The number of amides is 3. The fourth-order valence-corrected chi connectivity index (χ4v) is 4.24. The number of anilines is 2. The Morgan fingerprint density at radius 3 is 2.37 bits per heavy atom. The number of ether oxygens (including phenoxy) is 1. The average Bonchev–Trinajstić information content (AvgIpc) is 3.38. The van der Waals surface area contributed by atoms with Crippen molar-refractivity contribution < 1.29 is 28.0 Å². The van der Waals surface area contributed by atoms with Crippen LogP contribution in [0.4, 0.5) is 20.9 Å².